The van der Waals surface area contributed by atoms with Crippen LogP contribution in [0.5, 0.6) is 0 Å². The van der Waals surface area contributed by atoms with Crippen LogP contribution in [0, 0.1) is 0 Å². The Labute approximate surface area is 177 Å². The normalized spacial score (nSPS) is 13.5. The van der Waals surface area contributed by atoms with Crippen LogP contribution in [0.3, 0.4) is 0 Å². The van der Waals surface area contributed by atoms with Crippen molar-refractivity contribution in [3.05, 3.63) is 71.3 Å². The van der Waals surface area contributed by atoms with Crippen molar-refractivity contribution >= 4 is 17.8 Å². The predicted octanol–water partition coefficient (Wildman–Crippen LogP) is 2.44. The Morgan fingerprint density at radius 2 is 1.53 bits per heavy atom. The van der Waals surface area contributed by atoms with Crippen LogP contribution in [-0.4, -0.2) is 56.0 Å². The Hall–Kier alpha value is -3.19. The highest BCUT2D eigenvalue weighted by Gasteiger charge is 2.34. The zero-order valence-electron chi connectivity index (χ0n) is 17.3. The van der Waals surface area contributed by atoms with Crippen molar-refractivity contribution in [2.24, 2.45) is 4.99 Å². The van der Waals surface area contributed by atoms with Gasteiger partial charge in [0.15, 0.2) is 5.96 Å². The minimum absolute atomic E-state index is 0.198. The SMILES string of the molecule is CN=C(NCCCCN1C(=O)c2ccccc2C1=O)NCCOCc1ccccc1. The first-order valence-corrected chi connectivity index (χ1v) is 10.2. The molecule has 0 unspecified atom stereocenters. The van der Waals surface area contributed by atoms with E-state index in [4.69, 9.17) is 4.74 Å². The van der Waals surface area contributed by atoms with Crippen LogP contribution >= 0.6 is 0 Å². The van der Waals surface area contributed by atoms with Crippen molar-refractivity contribution in [2.75, 3.05) is 33.3 Å². The van der Waals surface area contributed by atoms with Gasteiger partial charge >= 0.3 is 0 Å². The number of aliphatic imine (C=N–C) groups is 1. The maximum Gasteiger partial charge on any atom is 0.261 e. The molecular weight excluding hydrogens is 380 g/mol. The highest BCUT2D eigenvalue weighted by Crippen LogP contribution is 2.22. The maximum atomic E-state index is 12.3. The van der Waals surface area contributed by atoms with E-state index in [9.17, 15) is 9.59 Å². The van der Waals surface area contributed by atoms with E-state index in [0.717, 1.165) is 18.4 Å². The lowest BCUT2D eigenvalue weighted by atomic mass is 10.1. The molecule has 1 aliphatic rings. The van der Waals surface area contributed by atoms with E-state index in [0.29, 0.717) is 49.9 Å². The molecule has 2 aromatic rings. The number of nitrogens with one attached hydrogen (secondary N) is 2. The molecule has 2 N–H and O–H groups in total. The number of carbonyl (C=O) groups excluding carboxylic acids is 2. The van der Waals surface area contributed by atoms with E-state index in [1.165, 1.54) is 4.90 Å². The molecule has 0 saturated carbocycles. The second kappa shape index (κ2) is 11.1. The van der Waals surface area contributed by atoms with Crippen LogP contribution in [0.4, 0.5) is 0 Å². The molecule has 0 aliphatic carbocycles. The highest BCUT2D eigenvalue weighted by atomic mass is 16.5. The summed E-state index contributed by atoms with van der Waals surface area (Å²) in [7, 11) is 1.72. The van der Waals surface area contributed by atoms with Gasteiger partial charge in [-0.15, -0.1) is 0 Å². The molecule has 0 aromatic heterocycles. The molecule has 0 fully saturated rings. The van der Waals surface area contributed by atoms with Gasteiger partial charge in [0, 0.05) is 26.7 Å². The number of guanidine groups is 1. The fraction of sp³-hybridized carbons (Fsp3) is 0.348. The number of unbranched alkanes of at least 4 members (excludes halogenated alkanes) is 1. The Bertz CT molecular complexity index is 848. The minimum atomic E-state index is -0.198. The van der Waals surface area contributed by atoms with Gasteiger partial charge in [0.1, 0.15) is 0 Å². The second-order valence-electron chi connectivity index (χ2n) is 6.98. The van der Waals surface area contributed by atoms with Crippen molar-refractivity contribution in [1.29, 1.82) is 0 Å². The van der Waals surface area contributed by atoms with E-state index >= 15 is 0 Å². The second-order valence-corrected chi connectivity index (χ2v) is 6.98. The molecule has 7 heteroatoms. The number of amides is 2. The number of rotatable bonds is 10. The quantitative estimate of drug-likeness (QED) is 0.273. The zero-order valence-corrected chi connectivity index (χ0v) is 17.3. The summed E-state index contributed by atoms with van der Waals surface area (Å²) in [5, 5.41) is 6.45. The lowest BCUT2D eigenvalue weighted by Gasteiger charge is -2.15. The summed E-state index contributed by atoms with van der Waals surface area (Å²) in [4.78, 5) is 30.2. The van der Waals surface area contributed by atoms with Gasteiger partial charge in [0.05, 0.1) is 24.3 Å². The Morgan fingerprint density at radius 3 is 2.20 bits per heavy atom. The molecule has 0 atom stereocenters. The maximum absolute atomic E-state index is 12.3. The largest absolute Gasteiger partial charge is 0.375 e. The molecule has 1 aliphatic heterocycles. The van der Waals surface area contributed by atoms with E-state index in [1.807, 2.05) is 30.3 Å². The van der Waals surface area contributed by atoms with E-state index in [1.54, 1.807) is 31.3 Å². The van der Waals surface area contributed by atoms with Crippen LogP contribution in [0.25, 0.3) is 0 Å². The lowest BCUT2D eigenvalue weighted by Crippen LogP contribution is -2.39. The van der Waals surface area contributed by atoms with Gasteiger partial charge in [0.2, 0.25) is 0 Å². The van der Waals surface area contributed by atoms with Gasteiger partial charge in [-0.3, -0.25) is 19.5 Å². The van der Waals surface area contributed by atoms with Gasteiger partial charge in [-0.05, 0) is 30.5 Å². The van der Waals surface area contributed by atoms with Crippen LogP contribution < -0.4 is 10.6 Å². The van der Waals surface area contributed by atoms with Gasteiger partial charge in [-0.25, -0.2) is 0 Å². The van der Waals surface area contributed by atoms with Crippen molar-refractivity contribution < 1.29 is 14.3 Å². The third kappa shape index (κ3) is 5.67. The van der Waals surface area contributed by atoms with Crippen molar-refractivity contribution in [3.63, 3.8) is 0 Å². The van der Waals surface area contributed by atoms with Gasteiger partial charge in [-0.1, -0.05) is 42.5 Å². The molecule has 0 bridgehead atoms. The predicted molar refractivity (Wildman–Crippen MR) is 117 cm³/mol. The first kappa shape index (κ1) is 21.5. The molecular formula is C23H28N4O3. The van der Waals surface area contributed by atoms with Gasteiger partial charge in [-0.2, -0.15) is 0 Å². The highest BCUT2D eigenvalue weighted by molar-refractivity contribution is 6.21. The topological polar surface area (TPSA) is 83.0 Å². The molecule has 30 heavy (non-hydrogen) atoms. The summed E-state index contributed by atoms with van der Waals surface area (Å²) in [5.41, 5.74) is 2.15. The Kier molecular flexibility index (Phi) is 7.97. The number of fused-ring (bicyclic) bond motifs is 1. The average Bonchev–Trinajstić information content (AvgIpc) is 3.03. The molecule has 2 amide bonds. The third-order valence-electron chi connectivity index (χ3n) is 4.85. The smallest absolute Gasteiger partial charge is 0.261 e. The van der Waals surface area contributed by atoms with Crippen LogP contribution in [0.2, 0.25) is 0 Å². The number of ether oxygens (including phenoxy) is 1. The lowest BCUT2D eigenvalue weighted by molar-refractivity contribution is 0.0652. The summed E-state index contributed by atoms with van der Waals surface area (Å²) in [6, 6.07) is 17.0. The third-order valence-corrected chi connectivity index (χ3v) is 4.85. The summed E-state index contributed by atoms with van der Waals surface area (Å²) in [6.07, 6.45) is 1.55. The van der Waals surface area contributed by atoms with E-state index < -0.39 is 0 Å². The molecule has 1 heterocycles. The summed E-state index contributed by atoms with van der Waals surface area (Å²) in [5.74, 6) is 0.312. The Balaban J connectivity index is 1.27. The number of benzene rings is 2. The minimum Gasteiger partial charge on any atom is -0.375 e. The summed E-state index contributed by atoms with van der Waals surface area (Å²) < 4.78 is 5.65. The molecule has 0 radical (unpaired) electrons. The number of carbonyl (C=O) groups is 2. The number of hydrogen-bond acceptors (Lipinski definition) is 4. The molecule has 7 nitrogen and oxygen atoms in total. The zero-order chi connectivity index (χ0) is 21.2. The summed E-state index contributed by atoms with van der Waals surface area (Å²) >= 11 is 0. The van der Waals surface area contributed by atoms with Crippen LogP contribution in [0.15, 0.2) is 59.6 Å². The molecule has 0 spiro atoms. The average molecular weight is 409 g/mol. The number of nitrogens with zero attached hydrogens (tertiary/aromatic N) is 2. The number of hydrogen-bond donors (Lipinski definition) is 2. The molecule has 0 saturated heterocycles. The fourth-order valence-corrected chi connectivity index (χ4v) is 3.27. The van der Waals surface area contributed by atoms with Crippen molar-refractivity contribution in [2.45, 2.75) is 19.4 Å². The van der Waals surface area contributed by atoms with Gasteiger partial charge < -0.3 is 15.4 Å². The van der Waals surface area contributed by atoms with Gasteiger partial charge in [0.25, 0.3) is 11.8 Å². The fourth-order valence-electron chi connectivity index (χ4n) is 3.27. The Morgan fingerprint density at radius 1 is 0.900 bits per heavy atom. The number of imide groups is 1. The summed E-state index contributed by atoms with van der Waals surface area (Å²) in [6.45, 7) is 2.95. The van der Waals surface area contributed by atoms with Crippen molar-refractivity contribution in [3.8, 4) is 0 Å². The van der Waals surface area contributed by atoms with Crippen LogP contribution in [-0.2, 0) is 11.3 Å². The monoisotopic (exact) mass is 408 g/mol. The molecule has 2 aromatic carbocycles. The van der Waals surface area contributed by atoms with Crippen molar-refractivity contribution in [1.82, 2.24) is 15.5 Å². The molecule has 158 valence electrons. The molecule has 3 rings (SSSR count). The standard InChI is InChI=1S/C23H28N4O3/c1-24-23(26-14-16-30-17-18-9-3-2-4-10-18)25-13-7-8-15-27-21(28)19-11-5-6-12-20(19)22(27)29/h2-6,9-12H,7-8,13-17H2,1H3,(H2,24,25,26). The van der Waals surface area contributed by atoms with Crippen LogP contribution in [0.1, 0.15) is 39.1 Å². The first-order chi connectivity index (χ1) is 14.7. The van der Waals surface area contributed by atoms with E-state index in [2.05, 4.69) is 15.6 Å². The first-order valence-electron chi connectivity index (χ1n) is 10.2. The van der Waals surface area contributed by atoms with E-state index in [-0.39, 0.29) is 11.8 Å².